The summed E-state index contributed by atoms with van der Waals surface area (Å²) in [5.41, 5.74) is 39.7. The summed E-state index contributed by atoms with van der Waals surface area (Å²) in [6.07, 6.45) is 17.8. The van der Waals surface area contributed by atoms with Gasteiger partial charge in [-0.25, -0.2) is 0 Å². The number of aromatic nitrogens is 5. The highest BCUT2D eigenvalue weighted by molar-refractivity contribution is 7.98. The fraction of sp³-hybridized carbons (Fsp3) is 0.184. The molecule has 0 radical (unpaired) electrons. The summed E-state index contributed by atoms with van der Waals surface area (Å²) in [6, 6.07) is 143. The van der Waals surface area contributed by atoms with E-state index in [2.05, 4.69) is 408 Å². The van der Waals surface area contributed by atoms with Crippen molar-refractivity contribution < 1.29 is 13.9 Å². The van der Waals surface area contributed by atoms with E-state index in [0.29, 0.717) is 23.7 Å². The third-order valence-corrected chi connectivity index (χ3v) is 36.8. The maximum Gasteiger partial charge on any atom is 0.137 e. The van der Waals surface area contributed by atoms with E-state index in [-0.39, 0.29) is 16.9 Å². The van der Waals surface area contributed by atoms with Gasteiger partial charge in [0, 0.05) is 122 Å². The molecule has 0 N–H and O–H groups in total. The molecule has 6 heterocycles. The molecule has 24 aromatic rings. The van der Waals surface area contributed by atoms with E-state index in [1.807, 2.05) is 37.2 Å². The zero-order valence-corrected chi connectivity index (χ0v) is 82.4. The number of methoxy groups -OCH3 is 1. The smallest absolute Gasteiger partial charge is 0.137 e. The lowest BCUT2D eigenvalue weighted by molar-refractivity contribution is -0.0400. The largest absolute Gasteiger partial charge is 0.496 e. The lowest BCUT2D eigenvalue weighted by Crippen LogP contribution is -2.55. The molecule has 18 aromatic carbocycles. The SMILES string of the molecule is COc1cc(OC(C)C)cc2c1-c1ccc(-n3c4ccc(-c5ccc6c(c5)c5ccccc5n6-c5ccccc5-c5ccccc5)cc4c4cc(-c5cccc6ccccc56)ccc43)cc1C21C2CC3CC(C2)CC1C3.CSc1cccc2c1-c1ccc(-n3c4ccc(-c5ccc6c(c5)c5ccccc5n6-c5ccc6c(c5)oc5ccccc56)cc4c4cc(-c5ccccn5)ccc43)cc1C21C2CC3CC(C2)CC1C3. The van der Waals surface area contributed by atoms with Crippen molar-refractivity contribution in [1.82, 2.24) is 23.3 Å². The number of hydrogen-bond acceptors (Lipinski definition) is 5. The minimum atomic E-state index is -0.0867. The van der Waals surface area contributed by atoms with Crippen LogP contribution in [0, 0.1) is 47.3 Å². The number of fused-ring (bicyclic) bond motifs is 22. The van der Waals surface area contributed by atoms with Gasteiger partial charge >= 0.3 is 0 Å². The first-order valence-electron chi connectivity index (χ1n) is 52.6. The van der Waals surface area contributed by atoms with Crippen LogP contribution in [0.25, 0.3) is 221 Å². The zero-order valence-electron chi connectivity index (χ0n) is 81.6. The van der Waals surface area contributed by atoms with Crippen molar-refractivity contribution >= 4 is 132 Å². The Hall–Kier alpha value is -15.7. The van der Waals surface area contributed by atoms with Crippen LogP contribution in [0.4, 0.5) is 0 Å². The molecule has 0 atom stereocenters. The van der Waals surface area contributed by atoms with Gasteiger partial charge in [-0.3, -0.25) is 4.98 Å². The Morgan fingerprint density at radius 1 is 0.303 bits per heavy atom. The summed E-state index contributed by atoms with van der Waals surface area (Å²) in [7, 11) is 1.84. The lowest BCUT2D eigenvalue weighted by Gasteiger charge is -2.61. The van der Waals surface area contributed by atoms with Crippen LogP contribution in [0.3, 0.4) is 0 Å². The monoisotopic (exact) mass is 1890 g/mol. The molecule has 2 spiro atoms. The van der Waals surface area contributed by atoms with Crippen molar-refractivity contribution in [2.45, 2.75) is 99.9 Å². The van der Waals surface area contributed by atoms with Gasteiger partial charge in [0.1, 0.15) is 22.7 Å². The molecule has 698 valence electrons. The quantitative estimate of drug-likeness (QED) is 0.108. The minimum Gasteiger partial charge on any atom is -0.496 e. The Labute approximate surface area is 846 Å². The number of nitrogens with zero attached hydrogens (tertiary/aromatic N) is 5. The molecule has 10 aliphatic carbocycles. The summed E-state index contributed by atoms with van der Waals surface area (Å²) in [4.78, 5) is 6.23. The highest BCUT2D eigenvalue weighted by Crippen LogP contribution is 2.73. The predicted molar refractivity (Wildman–Crippen MR) is 601 cm³/mol. The predicted octanol–water partition coefficient (Wildman–Crippen LogP) is 35.5. The van der Waals surface area contributed by atoms with Crippen LogP contribution in [-0.4, -0.2) is 42.7 Å². The molecule has 10 aliphatic rings. The molecule has 8 fully saturated rings. The van der Waals surface area contributed by atoms with Crippen molar-refractivity contribution in [3.05, 3.63) is 411 Å². The second kappa shape index (κ2) is 31.9. The number of thioether (sulfide) groups is 1. The van der Waals surface area contributed by atoms with E-state index in [9.17, 15) is 0 Å². The van der Waals surface area contributed by atoms with Crippen molar-refractivity contribution in [1.29, 1.82) is 0 Å². The van der Waals surface area contributed by atoms with Gasteiger partial charge in [-0.2, -0.15) is 0 Å². The number of furan rings is 1. The average molecular weight is 1890 g/mol. The van der Waals surface area contributed by atoms with Crippen molar-refractivity contribution in [2.24, 2.45) is 47.3 Å². The molecule has 0 amide bonds. The normalized spacial score (nSPS) is 20.7. The van der Waals surface area contributed by atoms with Crippen LogP contribution >= 0.6 is 11.8 Å². The molecule has 0 saturated heterocycles. The van der Waals surface area contributed by atoms with Gasteiger partial charge in [-0.1, -0.05) is 212 Å². The van der Waals surface area contributed by atoms with Crippen LogP contribution in [0.1, 0.15) is 100 Å². The number of hydrogen-bond donors (Lipinski definition) is 0. The minimum absolute atomic E-state index is 0.0719. The topological polar surface area (TPSA) is 64.2 Å². The second-order valence-corrected chi connectivity index (χ2v) is 44.4. The summed E-state index contributed by atoms with van der Waals surface area (Å²) in [5.74, 6) is 7.90. The Bertz CT molecular complexity index is 9550. The first kappa shape index (κ1) is 83.9. The van der Waals surface area contributed by atoms with Crippen LogP contribution in [-0.2, 0) is 10.8 Å². The first-order chi connectivity index (χ1) is 71.5. The van der Waals surface area contributed by atoms with Gasteiger partial charge in [0.2, 0.25) is 0 Å². The molecule has 8 nitrogen and oxygen atoms in total. The molecule has 6 aromatic heterocycles. The highest BCUT2D eigenvalue weighted by Gasteiger charge is 2.64. The summed E-state index contributed by atoms with van der Waals surface area (Å²) in [5, 5.41) is 14.8. The van der Waals surface area contributed by atoms with Crippen molar-refractivity contribution in [3.63, 3.8) is 0 Å². The summed E-state index contributed by atoms with van der Waals surface area (Å²) in [6.45, 7) is 4.26. The molecule has 9 heteroatoms. The van der Waals surface area contributed by atoms with Gasteiger partial charge < -0.3 is 32.2 Å². The number of pyridine rings is 1. The molecule has 34 rings (SSSR count). The maximum atomic E-state index is 6.55. The van der Waals surface area contributed by atoms with E-state index >= 15 is 0 Å². The van der Waals surface area contributed by atoms with Gasteiger partial charge in [0.25, 0.3) is 0 Å². The van der Waals surface area contributed by atoms with E-state index < -0.39 is 0 Å². The summed E-state index contributed by atoms with van der Waals surface area (Å²) >= 11 is 1.91. The van der Waals surface area contributed by atoms with Gasteiger partial charge in [0.15, 0.2) is 0 Å². The Morgan fingerprint density at radius 3 is 1.32 bits per heavy atom. The number of ether oxygens (including phenoxy) is 2. The number of para-hydroxylation sites is 4. The molecule has 0 unspecified atom stereocenters. The Kier molecular flexibility index (Phi) is 18.5. The first-order valence-corrected chi connectivity index (χ1v) is 53.8. The van der Waals surface area contributed by atoms with Gasteiger partial charge in [-0.15, -0.1) is 11.8 Å². The highest BCUT2D eigenvalue weighted by atomic mass is 32.2. The van der Waals surface area contributed by atoms with Gasteiger partial charge in [0.05, 0.1) is 68.7 Å². The Morgan fingerprint density at radius 2 is 0.745 bits per heavy atom. The molecular weight excluding hydrogens is 1780 g/mol. The molecule has 8 bridgehead atoms. The number of rotatable bonds is 13. The molecular formula is C136H105N5O3S. The van der Waals surface area contributed by atoms with Crippen molar-refractivity contribution in [2.75, 3.05) is 13.4 Å². The standard InChI is InChI=1S/C72H58N2O2.C64H47N3OS/c1-43(2)76-54-41-64-71(70(42-54)75-3)59-28-27-53(40-63(59)72(64)51-33-44-32-45(35-51)36-52(72)34-44)73-67-29-24-49(38-61(67)62-39-50(26-31-68(62)73)56-21-13-17-46-16-7-8-18-55(46)56)48-25-30-69-60(37-48)58-20-10-12-23-66(58)74(69)65-22-11-9-19-57(65)47-14-5-4-6-15-47;1-69-62-15-8-11-53-63(62)49-22-20-44(35-54(49)64(53)42-28-37-27-38(30-42)31-43(64)29-37)66-58-24-17-40(33-51(58)52-34-41(18-25-59(52)66)55-12-6-7-26-65-55)39-16-23-57-50(32-39)46-9-2-4-13-56(46)67(57)45-19-21-48-47-10-3-5-14-60(47)68-61(48)36-45/h4-31,37-45,51-52H,32-36H2,1-3H3;2-26,32-38,42-43H,27-31H2,1H3. The number of benzene rings is 18. The van der Waals surface area contributed by atoms with Crippen molar-refractivity contribution in [3.8, 4) is 112 Å². The Balaban J connectivity index is 0.000000133. The second-order valence-electron chi connectivity index (χ2n) is 43.6. The van der Waals surface area contributed by atoms with E-state index in [1.54, 1.807) is 11.1 Å². The zero-order chi connectivity index (χ0) is 95.5. The maximum absolute atomic E-state index is 6.55. The van der Waals surface area contributed by atoms with Crippen LogP contribution < -0.4 is 9.47 Å². The van der Waals surface area contributed by atoms with Crippen LogP contribution in [0.2, 0.25) is 0 Å². The molecule has 8 saturated carbocycles. The fourth-order valence-electron chi connectivity index (χ4n) is 30.9. The third-order valence-electron chi connectivity index (χ3n) is 36.1. The van der Waals surface area contributed by atoms with E-state index in [4.69, 9.17) is 18.9 Å². The average Bonchev–Trinajstić information content (AvgIpc) is 1.52. The third kappa shape index (κ3) is 12.3. The molecule has 0 aliphatic heterocycles. The summed E-state index contributed by atoms with van der Waals surface area (Å²) < 4.78 is 29.3. The van der Waals surface area contributed by atoms with Gasteiger partial charge in [-0.05, 0) is 378 Å². The van der Waals surface area contributed by atoms with E-state index in [1.165, 1.54) is 262 Å². The molecule has 145 heavy (non-hydrogen) atoms. The van der Waals surface area contributed by atoms with E-state index in [0.717, 1.165) is 74.1 Å². The van der Waals surface area contributed by atoms with Crippen LogP contribution in [0.15, 0.2) is 398 Å². The lowest BCUT2D eigenvalue weighted by atomic mass is 9.43. The fourth-order valence-corrected chi connectivity index (χ4v) is 31.6. The van der Waals surface area contributed by atoms with Crippen LogP contribution in [0.5, 0.6) is 11.5 Å².